The van der Waals surface area contributed by atoms with Crippen LogP contribution in [0.15, 0.2) is 0 Å². The van der Waals surface area contributed by atoms with Crippen LogP contribution in [0, 0.1) is 12.3 Å². The summed E-state index contributed by atoms with van der Waals surface area (Å²) in [6.07, 6.45) is 8.45. The third-order valence-electron chi connectivity index (χ3n) is 1.65. The van der Waals surface area contributed by atoms with Crippen molar-refractivity contribution in [3.8, 4) is 12.3 Å². The van der Waals surface area contributed by atoms with Crippen molar-refractivity contribution in [2.45, 2.75) is 19.3 Å². The van der Waals surface area contributed by atoms with E-state index in [4.69, 9.17) is 6.42 Å². The van der Waals surface area contributed by atoms with Crippen molar-refractivity contribution >= 4 is 0 Å². The summed E-state index contributed by atoms with van der Waals surface area (Å²) in [5.74, 6) is 2.61. The van der Waals surface area contributed by atoms with Crippen LogP contribution in [0.5, 0.6) is 0 Å². The van der Waals surface area contributed by atoms with Crippen LogP contribution in [0.4, 0.5) is 0 Å². The van der Waals surface area contributed by atoms with Crippen molar-refractivity contribution in [2.75, 3.05) is 33.7 Å². The average Bonchev–Trinajstić information content (AvgIpc) is 2.02. The van der Waals surface area contributed by atoms with Gasteiger partial charge in [-0.15, -0.1) is 12.3 Å². The van der Waals surface area contributed by atoms with Crippen LogP contribution in [0.25, 0.3) is 0 Å². The molecule has 70 valence electrons. The highest BCUT2D eigenvalue weighted by atomic mass is 15.0. The largest absolute Gasteiger partial charge is 0.316 e. The van der Waals surface area contributed by atoms with Gasteiger partial charge in [-0.1, -0.05) is 0 Å². The Hall–Kier alpha value is -0.520. The number of nitrogens with one attached hydrogen (secondary N) is 1. The number of hydrogen-bond acceptors (Lipinski definition) is 2. The first-order chi connectivity index (χ1) is 5.77. The second kappa shape index (κ2) is 8.58. The molecule has 0 aliphatic rings. The fourth-order valence-corrected chi connectivity index (χ4v) is 0.964. The molecule has 0 rings (SSSR count). The Bertz CT molecular complexity index is 124. The molecule has 0 aromatic rings. The van der Waals surface area contributed by atoms with E-state index in [1.165, 1.54) is 19.4 Å². The SMILES string of the molecule is C#CCCNCCCCN(C)C. The molecule has 0 aliphatic carbocycles. The van der Waals surface area contributed by atoms with Crippen LogP contribution in [0.3, 0.4) is 0 Å². The van der Waals surface area contributed by atoms with Crippen molar-refractivity contribution in [2.24, 2.45) is 0 Å². The molecule has 0 atom stereocenters. The minimum Gasteiger partial charge on any atom is -0.316 e. The van der Waals surface area contributed by atoms with E-state index in [0.29, 0.717) is 0 Å². The Morgan fingerprint density at radius 3 is 2.58 bits per heavy atom. The first-order valence-corrected chi connectivity index (χ1v) is 4.56. The highest BCUT2D eigenvalue weighted by Crippen LogP contribution is 1.88. The van der Waals surface area contributed by atoms with Gasteiger partial charge in [0.25, 0.3) is 0 Å². The molecule has 0 saturated heterocycles. The molecule has 0 saturated carbocycles. The Morgan fingerprint density at radius 2 is 2.00 bits per heavy atom. The van der Waals surface area contributed by atoms with Gasteiger partial charge in [0.2, 0.25) is 0 Å². The molecule has 0 amide bonds. The van der Waals surface area contributed by atoms with Gasteiger partial charge in [0.05, 0.1) is 0 Å². The molecule has 0 aromatic carbocycles. The molecule has 0 aromatic heterocycles. The zero-order valence-electron chi connectivity index (χ0n) is 8.27. The highest BCUT2D eigenvalue weighted by Gasteiger charge is 1.90. The Balaban J connectivity index is 2.87. The molecular weight excluding hydrogens is 148 g/mol. The average molecular weight is 168 g/mol. The van der Waals surface area contributed by atoms with E-state index >= 15 is 0 Å². The maximum Gasteiger partial charge on any atom is 0.0211 e. The summed E-state index contributed by atoms with van der Waals surface area (Å²) in [5.41, 5.74) is 0. The fourth-order valence-electron chi connectivity index (χ4n) is 0.964. The zero-order chi connectivity index (χ0) is 9.23. The summed E-state index contributed by atoms with van der Waals surface area (Å²) in [6, 6.07) is 0. The van der Waals surface area contributed by atoms with Gasteiger partial charge in [-0.25, -0.2) is 0 Å². The van der Waals surface area contributed by atoms with Crippen LogP contribution >= 0.6 is 0 Å². The highest BCUT2D eigenvalue weighted by molar-refractivity contribution is 4.83. The van der Waals surface area contributed by atoms with Crippen molar-refractivity contribution in [1.29, 1.82) is 0 Å². The lowest BCUT2D eigenvalue weighted by atomic mass is 10.3. The van der Waals surface area contributed by atoms with Crippen LogP contribution < -0.4 is 5.32 Å². The molecular formula is C10H20N2. The first-order valence-electron chi connectivity index (χ1n) is 4.56. The number of terminal acetylenes is 1. The zero-order valence-corrected chi connectivity index (χ0v) is 8.27. The maximum atomic E-state index is 5.11. The summed E-state index contributed by atoms with van der Waals surface area (Å²) < 4.78 is 0. The Kier molecular flexibility index (Phi) is 8.20. The molecule has 0 radical (unpaired) electrons. The molecule has 2 nitrogen and oxygen atoms in total. The number of rotatable bonds is 7. The summed E-state index contributed by atoms with van der Waals surface area (Å²) in [5, 5.41) is 3.30. The summed E-state index contributed by atoms with van der Waals surface area (Å²) in [4.78, 5) is 2.21. The van der Waals surface area contributed by atoms with Crippen molar-refractivity contribution in [3.05, 3.63) is 0 Å². The van der Waals surface area contributed by atoms with Crippen LogP contribution in [0.2, 0.25) is 0 Å². The lowest BCUT2D eigenvalue weighted by Gasteiger charge is -2.08. The van der Waals surface area contributed by atoms with Crippen LogP contribution in [-0.4, -0.2) is 38.6 Å². The minimum absolute atomic E-state index is 0.841. The van der Waals surface area contributed by atoms with Gasteiger partial charge in [0.15, 0.2) is 0 Å². The number of nitrogens with zero attached hydrogens (tertiary/aromatic N) is 1. The lowest BCUT2D eigenvalue weighted by molar-refractivity contribution is 0.392. The van der Waals surface area contributed by atoms with Gasteiger partial charge < -0.3 is 10.2 Å². The van der Waals surface area contributed by atoms with Gasteiger partial charge in [-0.05, 0) is 40.0 Å². The van der Waals surface area contributed by atoms with E-state index in [0.717, 1.165) is 19.5 Å². The topological polar surface area (TPSA) is 15.3 Å². The van der Waals surface area contributed by atoms with Gasteiger partial charge >= 0.3 is 0 Å². The molecule has 2 heteroatoms. The molecule has 0 unspecified atom stereocenters. The normalized spacial score (nSPS) is 10.2. The Labute approximate surface area is 76.3 Å². The number of unbranched alkanes of at least 4 members (excludes halogenated alkanes) is 1. The van der Waals surface area contributed by atoms with Gasteiger partial charge in [-0.2, -0.15) is 0 Å². The van der Waals surface area contributed by atoms with Gasteiger partial charge in [0.1, 0.15) is 0 Å². The Morgan fingerprint density at radius 1 is 1.25 bits per heavy atom. The van der Waals surface area contributed by atoms with E-state index in [-0.39, 0.29) is 0 Å². The quantitative estimate of drug-likeness (QED) is 0.449. The third kappa shape index (κ3) is 9.48. The molecule has 0 spiro atoms. The van der Waals surface area contributed by atoms with Crippen molar-refractivity contribution in [3.63, 3.8) is 0 Å². The van der Waals surface area contributed by atoms with Crippen molar-refractivity contribution in [1.82, 2.24) is 10.2 Å². The van der Waals surface area contributed by atoms with E-state index in [1.54, 1.807) is 0 Å². The molecule has 1 N–H and O–H groups in total. The number of hydrogen-bond donors (Lipinski definition) is 1. The molecule has 0 fully saturated rings. The maximum absolute atomic E-state index is 5.11. The summed E-state index contributed by atoms with van der Waals surface area (Å²) in [6.45, 7) is 3.23. The van der Waals surface area contributed by atoms with E-state index in [1.807, 2.05) is 0 Å². The standard InChI is InChI=1S/C10H20N2/c1-4-5-8-11-9-6-7-10-12(2)3/h1,11H,5-10H2,2-3H3. The second-order valence-electron chi connectivity index (χ2n) is 3.21. The second-order valence-corrected chi connectivity index (χ2v) is 3.21. The van der Waals surface area contributed by atoms with Crippen LogP contribution in [0.1, 0.15) is 19.3 Å². The minimum atomic E-state index is 0.841. The van der Waals surface area contributed by atoms with Crippen LogP contribution in [-0.2, 0) is 0 Å². The fraction of sp³-hybridized carbons (Fsp3) is 0.800. The van der Waals surface area contributed by atoms with Gasteiger partial charge in [-0.3, -0.25) is 0 Å². The molecule has 0 bridgehead atoms. The van der Waals surface area contributed by atoms with E-state index < -0.39 is 0 Å². The summed E-state index contributed by atoms with van der Waals surface area (Å²) in [7, 11) is 4.21. The van der Waals surface area contributed by atoms with Gasteiger partial charge in [0, 0.05) is 13.0 Å². The van der Waals surface area contributed by atoms with E-state index in [2.05, 4.69) is 30.2 Å². The first kappa shape index (κ1) is 11.5. The molecule has 0 aliphatic heterocycles. The predicted molar refractivity (Wildman–Crippen MR) is 54.1 cm³/mol. The predicted octanol–water partition coefficient (Wildman–Crippen LogP) is 0.941. The lowest BCUT2D eigenvalue weighted by Crippen LogP contribution is -2.18. The molecule has 12 heavy (non-hydrogen) atoms. The smallest absolute Gasteiger partial charge is 0.0211 e. The van der Waals surface area contributed by atoms with E-state index in [9.17, 15) is 0 Å². The third-order valence-corrected chi connectivity index (χ3v) is 1.65. The monoisotopic (exact) mass is 168 g/mol. The molecule has 0 heterocycles. The summed E-state index contributed by atoms with van der Waals surface area (Å²) >= 11 is 0. The van der Waals surface area contributed by atoms with Crippen molar-refractivity contribution < 1.29 is 0 Å².